The summed E-state index contributed by atoms with van der Waals surface area (Å²) in [5.74, 6) is -0.693. The molecule has 1 saturated heterocycles. The van der Waals surface area contributed by atoms with Crippen molar-refractivity contribution in [3.63, 3.8) is 0 Å². The first kappa shape index (κ1) is 29.2. The first-order valence-corrected chi connectivity index (χ1v) is 12.5. The van der Waals surface area contributed by atoms with Gasteiger partial charge in [0.25, 0.3) is 0 Å². The number of nitrogens with zero attached hydrogens (tertiary/aromatic N) is 5. The highest BCUT2D eigenvalue weighted by molar-refractivity contribution is 8.15. The van der Waals surface area contributed by atoms with Crippen LogP contribution in [-0.2, 0) is 4.79 Å². The summed E-state index contributed by atoms with van der Waals surface area (Å²) in [6, 6.07) is 17.5. The quantitative estimate of drug-likeness (QED) is 0.148. The molecular formula is C26H19F5N6O3S. The second kappa shape index (κ2) is 13.0. The number of rotatable bonds is 9. The Kier molecular flexibility index (Phi) is 9.29. The summed E-state index contributed by atoms with van der Waals surface area (Å²) in [5, 5.41) is 8.29. The number of anilines is 1. The molecule has 0 spiro atoms. The van der Waals surface area contributed by atoms with E-state index in [1.165, 1.54) is 41.4 Å². The molecule has 212 valence electrons. The van der Waals surface area contributed by atoms with E-state index in [0.29, 0.717) is 16.8 Å². The largest absolute Gasteiger partial charge is 0.573 e. The third kappa shape index (κ3) is 8.35. The maximum atomic E-state index is 12.8. The zero-order valence-electron chi connectivity index (χ0n) is 20.7. The summed E-state index contributed by atoms with van der Waals surface area (Å²) in [6.07, 6.45) is -2.18. The van der Waals surface area contributed by atoms with Gasteiger partial charge in [-0.2, -0.15) is 13.9 Å². The fraction of sp³-hybridized carbons (Fsp3) is 0.115. The van der Waals surface area contributed by atoms with Crippen molar-refractivity contribution in [2.75, 3.05) is 10.7 Å². The molecule has 0 bridgehead atoms. The van der Waals surface area contributed by atoms with E-state index in [0.717, 1.165) is 30.2 Å². The van der Waals surface area contributed by atoms with Crippen LogP contribution in [0.15, 0.2) is 93.0 Å². The maximum Gasteiger partial charge on any atom is 0.573 e. The van der Waals surface area contributed by atoms with Gasteiger partial charge in [-0.05, 0) is 42.0 Å². The van der Waals surface area contributed by atoms with Gasteiger partial charge in [-0.15, -0.1) is 18.3 Å². The Labute approximate surface area is 233 Å². The molecule has 41 heavy (non-hydrogen) atoms. The standard InChI is InChI=1S/C26H19F5N6O3S/c27-24(28)39-21-4-2-1-3-20(21)37-22(38)14-41-25(37)36-35-13-16-5-7-17(8-6-16)23(32)34-15-33-18-9-11-19(12-10-18)40-26(29,30)31/h1-13,15,24H,14H2,(H2,32,33,34)/b35-13+,36-25-. The van der Waals surface area contributed by atoms with E-state index in [4.69, 9.17) is 5.73 Å². The lowest BCUT2D eigenvalue weighted by molar-refractivity contribution is -0.274. The molecule has 2 N–H and O–H groups in total. The Bertz CT molecular complexity index is 1490. The van der Waals surface area contributed by atoms with Crippen LogP contribution in [0.5, 0.6) is 11.5 Å². The lowest BCUT2D eigenvalue weighted by Gasteiger charge is -2.18. The summed E-state index contributed by atoms with van der Waals surface area (Å²) < 4.78 is 70.6. The number of ether oxygens (including phenoxy) is 2. The van der Waals surface area contributed by atoms with Gasteiger partial charge < -0.3 is 15.2 Å². The van der Waals surface area contributed by atoms with E-state index in [1.54, 1.807) is 30.3 Å². The van der Waals surface area contributed by atoms with Crippen molar-refractivity contribution in [1.29, 1.82) is 0 Å². The molecule has 9 nitrogen and oxygen atoms in total. The first-order valence-electron chi connectivity index (χ1n) is 11.5. The van der Waals surface area contributed by atoms with Crippen LogP contribution in [0.4, 0.5) is 33.3 Å². The van der Waals surface area contributed by atoms with Crippen LogP contribution in [0.1, 0.15) is 11.1 Å². The molecule has 0 saturated carbocycles. The zero-order valence-corrected chi connectivity index (χ0v) is 21.5. The topological polar surface area (TPSA) is 114 Å². The number of amidine groups is 2. The Morgan fingerprint density at radius 1 is 1.02 bits per heavy atom. The Balaban J connectivity index is 1.39. The molecule has 3 aromatic rings. The number of para-hydroxylation sites is 2. The number of aliphatic imine (C=N–C) groups is 2. The number of nitrogens with two attached hydrogens (primary N) is 1. The molecule has 0 aromatic heterocycles. The normalized spacial score (nSPS) is 15.6. The van der Waals surface area contributed by atoms with Crippen LogP contribution < -0.4 is 20.1 Å². The second-order valence-corrected chi connectivity index (χ2v) is 8.86. The second-order valence-electron chi connectivity index (χ2n) is 7.91. The van der Waals surface area contributed by atoms with Gasteiger partial charge >= 0.3 is 13.0 Å². The van der Waals surface area contributed by atoms with Crippen molar-refractivity contribution in [2.24, 2.45) is 25.9 Å². The monoisotopic (exact) mass is 590 g/mol. The highest BCUT2D eigenvalue weighted by Gasteiger charge is 2.32. The number of carbonyl (C=O) groups is 1. The third-order valence-corrected chi connectivity index (χ3v) is 6.03. The Morgan fingerprint density at radius 2 is 1.73 bits per heavy atom. The van der Waals surface area contributed by atoms with Crippen LogP contribution in [0, 0.1) is 0 Å². The number of benzene rings is 3. The van der Waals surface area contributed by atoms with Crippen LogP contribution >= 0.6 is 11.8 Å². The average molecular weight is 591 g/mol. The van der Waals surface area contributed by atoms with Gasteiger partial charge in [-0.3, -0.25) is 9.69 Å². The van der Waals surface area contributed by atoms with Gasteiger partial charge in [0.2, 0.25) is 5.91 Å². The zero-order chi connectivity index (χ0) is 29.4. The number of alkyl halides is 5. The molecule has 1 heterocycles. The summed E-state index contributed by atoms with van der Waals surface area (Å²) in [4.78, 5) is 21.6. The number of carbonyl (C=O) groups excluding carboxylic acids is 1. The average Bonchev–Trinajstić information content (AvgIpc) is 3.29. The molecule has 1 amide bonds. The minimum absolute atomic E-state index is 0.0613. The molecule has 3 aromatic carbocycles. The molecule has 0 unspecified atom stereocenters. The predicted molar refractivity (Wildman–Crippen MR) is 146 cm³/mol. The van der Waals surface area contributed by atoms with Gasteiger partial charge in [0.15, 0.2) is 5.17 Å². The fourth-order valence-corrected chi connectivity index (χ4v) is 4.18. The van der Waals surface area contributed by atoms with Gasteiger partial charge in [0.1, 0.15) is 23.7 Å². The van der Waals surface area contributed by atoms with Crippen LogP contribution in [-0.4, -0.2) is 48.2 Å². The molecule has 4 rings (SSSR count). The third-order valence-electron chi connectivity index (χ3n) is 5.12. The van der Waals surface area contributed by atoms with Gasteiger partial charge in [-0.25, -0.2) is 9.98 Å². The van der Waals surface area contributed by atoms with Crippen molar-refractivity contribution in [3.8, 4) is 11.5 Å². The molecule has 1 aliphatic heterocycles. The Morgan fingerprint density at radius 3 is 2.41 bits per heavy atom. The van der Waals surface area contributed by atoms with E-state index in [9.17, 15) is 26.7 Å². The number of thioether (sulfide) groups is 1. The van der Waals surface area contributed by atoms with Gasteiger partial charge in [0, 0.05) is 5.56 Å². The lowest BCUT2D eigenvalue weighted by atomic mass is 10.1. The van der Waals surface area contributed by atoms with E-state index in [2.05, 4.69) is 29.7 Å². The molecule has 0 radical (unpaired) electrons. The van der Waals surface area contributed by atoms with Crippen molar-refractivity contribution in [3.05, 3.63) is 83.9 Å². The predicted octanol–water partition coefficient (Wildman–Crippen LogP) is 5.72. The number of halogens is 5. The number of hydrogen-bond donors (Lipinski definition) is 1. The highest BCUT2D eigenvalue weighted by Crippen LogP contribution is 2.35. The fourth-order valence-electron chi connectivity index (χ4n) is 3.36. The smallest absolute Gasteiger partial charge is 0.433 e. The maximum absolute atomic E-state index is 12.8. The molecule has 0 atom stereocenters. The van der Waals surface area contributed by atoms with Crippen LogP contribution in [0.2, 0.25) is 0 Å². The summed E-state index contributed by atoms with van der Waals surface area (Å²) >= 11 is 1.10. The van der Waals surface area contributed by atoms with Gasteiger partial charge in [-0.1, -0.05) is 48.2 Å². The van der Waals surface area contributed by atoms with Crippen LogP contribution in [0.3, 0.4) is 0 Å². The SMILES string of the molecule is NC(=NC=Nc1ccc(OC(F)(F)F)cc1)c1ccc(/C=N/N=C2\SCC(=O)N2c2ccccc2OC(F)F)cc1. The van der Waals surface area contributed by atoms with E-state index in [-0.39, 0.29) is 39.8 Å². The number of amides is 1. The summed E-state index contributed by atoms with van der Waals surface area (Å²) in [5.41, 5.74) is 7.65. The van der Waals surface area contributed by atoms with Gasteiger partial charge in [0.05, 0.1) is 23.3 Å². The molecule has 0 aliphatic carbocycles. The molecule has 1 fully saturated rings. The molecular weight excluding hydrogens is 571 g/mol. The van der Waals surface area contributed by atoms with Crippen LogP contribution in [0.25, 0.3) is 0 Å². The lowest BCUT2D eigenvalue weighted by Crippen LogP contribution is -2.29. The van der Waals surface area contributed by atoms with E-state index < -0.39 is 13.0 Å². The Hall–Kier alpha value is -4.79. The van der Waals surface area contributed by atoms with Crippen molar-refractivity contribution in [1.82, 2.24) is 0 Å². The summed E-state index contributed by atoms with van der Waals surface area (Å²) in [6.45, 7) is -3.06. The van der Waals surface area contributed by atoms with Crippen molar-refractivity contribution in [2.45, 2.75) is 13.0 Å². The molecule has 15 heteroatoms. The highest BCUT2D eigenvalue weighted by atomic mass is 32.2. The van der Waals surface area contributed by atoms with Crippen molar-refractivity contribution < 1.29 is 36.2 Å². The van der Waals surface area contributed by atoms with Crippen molar-refractivity contribution >= 4 is 52.6 Å². The van der Waals surface area contributed by atoms with E-state index in [1.807, 2.05) is 0 Å². The van der Waals surface area contributed by atoms with E-state index >= 15 is 0 Å². The first-order chi connectivity index (χ1) is 19.6. The number of hydrogen-bond acceptors (Lipinski definition) is 7. The minimum Gasteiger partial charge on any atom is -0.433 e. The minimum atomic E-state index is -4.78. The molecule has 1 aliphatic rings. The summed E-state index contributed by atoms with van der Waals surface area (Å²) in [7, 11) is 0.